The monoisotopic (exact) mass is 1820 g/mol. The molecule has 664 valence electrons. The molecule has 33 rings (SSSR count). The van der Waals surface area contributed by atoms with Crippen molar-refractivity contribution in [3.8, 4) is 148 Å². The molecule has 142 heavy (non-hydrogen) atoms. The van der Waals surface area contributed by atoms with E-state index in [-0.39, 0.29) is 0 Å². The van der Waals surface area contributed by atoms with Crippen molar-refractivity contribution in [1.29, 1.82) is 0 Å². The van der Waals surface area contributed by atoms with Crippen molar-refractivity contribution >= 4 is 155 Å². The molecule has 0 atom stereocenters. The van der Waals surface area contributed by atoms with Gasteiger partial charge in [-0.05, 0) is 234 Å². The Balaban J connectivity index is 0.000000128. The molecule has 4 aromatic heterocycles. The third-order valence-electron chi connectivity index (χ3n) is 29.2. The van der Waals surface area contributed by atoms with Gasteiger partial charge in [0.15, 0.2) is 92.0 Å². The van der Waals surface area contributed by atoms with E-state index >= 15 is 0 Å². The number of aromatic nitrogens is 4. The third kappa shape index (κ3) is 11.0. The van der Waals surface area contributed by atoms with Crippen LogP contribution in [0.25, 0.3) is 143 Å². The van der Waals surface area contributed by atoms with Gasteiger partial charge in [0.05, 0.1) is 107 Å². The number of anilines is 12. The second-order valence-electron chi connectivity index (χ2n) is 37.0. The molecular formula is C126H72N8O8. The minimum Gasteiger partial charge on any atom is -0.453 e. The van der Waals surface area contributed by atoms with E-state index in [1.54, 1.807) is 0 Å². The topological polar surface area (TPSA) is 107 Å². The molecule has 8 aliphatic heterocycles. The van der Waals surface area contributed by atoms with Crippen molar-refractivity contribution in [2.45, 2.75) is 0 Å². The molecule has 0 fully saturated rings. The number of hydrogen-bond acceptors (Lipinski definition) is 12. The van der Waals surface area contributed by atoms with Crippen molar-refractivity contribution < 1.29 is 37.9 Å². The summed E-state index contributed by atoms with van der Waals surface area (Å²) in [6.07, 6.45) is 0. The van der Waals surface area contributed by atoms with Gasteiger partial charge in [0.1, 0.15) is 22.7 Å². The Labute approximate surface area is 810 Å². The van der Waals surface area contributed by atoms with E-state index in [9.17, 15) is 0 Å². The minimum absolute atomic E-state index is 0.720. The lowest BCUT2D eigenvalue weighted by Crippen LogP contribution is -2.20. The molecule has 16 heteroatoms. The lowest BCUT2D eigenvalue weighted by atomic mass is 9.98. The predicted molar refractivity (Wildman–Crippen MR) is 566 cm³/mol. The maximum absolute atomic E-state index is 6.81. The molecule has 0 aliphatic carbocycles. The number of fused-ring (bicyclic) bond motifs is 28. The summed E-state index contributed by atoms with van der Waals surface area (Å²) in [5, 5.41) is 9.27. The number of hydrogen-bond donors (Lipinski definition) is 0. The SMILES string of the molecule is c1ccc(-n2c3ccccc3c3cc(-c4ccc5c(c4)c4cc(-c6cc7c8c(c6)Oc6ccccc6N8c6ccccc6O7)ccc4n5-c4cc5c6c(c4)Oc4ccccc4N6c4ccccc4O5)ccc32)cc1.c1ccc2c(c1)Oc1cc(-n3c4ccccc4c4cc(-c5ccc6c(c5)c5ccccc5n6-c5cc6c7c(c5)Oc5ccccc5N7c5ccccc5O6)ccc43)cc3c1N2c1ccccc1O3. The summed E-state index contributed by atoms with van der Waals surface area (Å²) in [6.45, 7) is 0. The van der Waals surface area contributed by atoms with Gasteiger partial charge in [-0.15, -0.1) is 0 Å². The van der Waals surface area contributed by atoms with Crippen molar-refractivity contribution in [1.82, 2.24) is 18.3 Å². The Morgan fingerprint density at radius 3 is 0.549 bits per heavy atom. The summed E-state index contributed by atoms with van der Waals surface area (Å²) in [4.78, 5) is 9.05. The van der Waals surface area contributed by atoms with E-state index in [1.807, 2.05) is 146 Å². The number of nitrogens with zero attached hydrogens (tertiary/aromatic N) is 8. The zero-order valence-electron chi connectivity index (χ0n) is 75.4. The van der Waals surface area contributed by atoms with Crippen LogP contribution in [0.4, 0.5) is 68.2 Å². The second kappa shape index (κ2) is 29.0. The van der Waals surface area contributed by atoms with Gasteiger partial charge in [0.2, 0.25) is 0 Å². The summed E-state index contributed by atoms with van der Waals surface area (Å²) in [5.41, 5.74) is 30.7. The van der Waals surface area contributed by atoms with Gasteiger partial charge in [-0.2, -0.15) is 0 Å². The Bertz CT molecular complexity index is 9370. The summed E-state index contributed by atoms with van der Waals surface area (Å²) in [5.74, 6) is 12.2. The highest BCUT2D eigenvalue weighted by Gasteiger charge is 2.42. The molecule has 0 radical (unpaired) electrons. The van der Waals surface area contributed by atoms with Crippen molar-refractivity contribution in [3.63, 3.8) is 0 Å². The normalized spacial score (nSPS) is 13.3. The number of benzene rings is 21. The average Bonchev–Trinajstić information content (AvgIpc) is 1.17. The van der Waals surface area contributed by atoms with Crippen LogP contribution in [0.5, 0.6) is 92.0 Å². The summed E-state index contributed by atoms with van der Waals surface area (Å²) >= 11 is 0. The lowest BCUT2D eigenvalue weighted by molar-refractivity contribution is 0.445. The van der Waals surface area contributed by atoms with Gasteiger partial charge in [0.25, 0.3) is 0 Å². The molecule has 16 nitrogen and oxygen atoms in total. The van der Waals surface area contributed by atoms with Crippen LogP contribution in [0.2, 0.25) is 0 Å². The standard InChI is InChI=1S/C66H38N4O4.C60H34N4O4/c1-2-14-43(15-3-1)67-49-17-5-4-16-45(49)46-32-39(26-29-50(46)67)40-27-30-51-47(33-40)48-34-41(42-35-61-65-62(36-42)72-58-23-11-7-19-54(58)69(65)53-18-6-10-22-57(53)71-61)28-31-52(48)68(51)44-37-63-66-64(38-44)74-60-25-13-9-21-56(60)70(66)55-20-8-12-24-59(55)73-63;1-3-15-43-39(13-1)41-29-35(25-27-45(41)61(43)37-31-55-59-56(32-37)66-52-22-10-6-18-48(52)63(59)47-17-5-9-21-51(47)65-55)36-26-28-46-42(30-36)40-14-2-4-16-44(40)62(46)38-33-57-60-58(34-38)68-54-24-12-8-20-50(54)64(60)49-19-7-11-23-53(49)67-57/h1-38H;1-34H. The number of para-hydroxylation sites is 20. The van der Waals surface area contributed by atoms with E-state index in [0.717, 1.165) is 282 Å². The van der Waals surface area contributed by atoms with E-state index in [1.165, 1.54) is 21.8 Å². The van der Waals surface area contributed by atoms with Crippen LogP contribution >= 0.6 is 0 Å². The summed E-state index contributed by atoms with van der Waals surface area (Å²) < 4.78 is 63.2. The smallest absolute Gasteiger partial charge is 0.157 e. The van der Waals surface area contributed by atoms with Crippen LogP contribution in [0.1, 0.15) is 0 Å². The molecule has 0 saturated carbocycles. The molecule has 8 aliphatic rings. The third-order valence-corrected chi connectivity index (χ3v) is 29.2. The molecule has 0 amide bonds. The van der Waals surface area contributed by atoms with Gasteiger partial charge in [-0.25, -0.2) is 0 Å². The van der Waals surface area contributed by atoms with Crippen molar-refractivity contribution in [2.24, 2.45) is 0 Å². The second-order valence-corrected chi connectivity index (χ2v) is 37.0. The molecule has 0 spiro atoms. The zero-order chi connectivity index (χ0) is 92.4. The highest BCUT2D eigenvalue weighted by molar-refractivity contribution is 6.17. The fraction of sp³-hybridized carbons (Fsp3) is 0. The fourth-order valence-corrected chi connectivity index (χ4v) is 23.1. The zero-order valence-corrected chi connectivity index (χ0v) is 75.4. The van der Waals surface area contributed by atoms with Gasteiger partial charge < -0.3 is 56.2 Å². The average molecular weight is 1830 g/mol. The first-order valence-electron chi connectivity index (χ1n) is 47.7. The number of rotatable bonds is 7. The first kappa shape index (κ1) is 76.7. The van der Waals surface area contributed by atoms with Gasteiger partial charge >= 0.3 is 0 Å². The van der Waals surface area contributed by atoms with Gasteiger partial charge in [0, 0.05) is 85.2 Å². The van der Waals surface area contributed by atoms with Gasteiger partial charge in [-0.1, -0.05) is 200 Å². The van der Waals surface area contributed by atoms with Crippen LogP contribution in [0.3, 0.4) is 0 Å². The maximum atomic E-state index is 6.81. The summed E-state index contributed by atoms with van der Waals surface area (Å²) in [6, 6.07) is 153. The van der Waals surface area contributed by atoms with E-state index < -0.39 is 0 Å². The first-order valence-corrected chi connectivity index (χ1v) is 47.7. The van der Waals surface area contributed by atoms with Crippen LogP contribution in [-0.2, 0) is 0 Å². The molecule has 0 bridgehead atoms. The molecule has 21 aromatic carbocycles. The number of ether oxygens (including phenoxy) is 8. The van der Waals surface area contributed by atoms with Crippen LogP contribution < -0.4 is 57.5 Å². The van der Waals surface area contributed by atoms with Crippen molar-refractivity contribution in [2.75, 3.05) is 19.6 Å². The van der Waals surface area contributed by atoms with Crippen LogP contribution in [-0.4, -0.2) is 18.3 Å². The van der Waals surface area contributed by atoms with Crippen LogP contribution in [0, 0.1) is 0 Å². The molecule has 12 heterocycles. The molecular weight excluding hydrogens is 1750 g/mol. The van der Waals surface area contributed by atoms with E-state index in [2.05, 4.69) is 329 Å². The van der Waals surface area contributed by atoms with Crippen LogP contribution in [0.15, 0.2) is 437 Å². The maximum Gasteiger partial charge on any atom is 0.157 e. The largest absolute Gasteiger partial charge is 0.453 e. The first-order chi connectivity index (χ1) is 70.4. The minimum atomic E-state index is 0.720. The van der Waals surface area contributed by atoms with E-state index in [0.29, 0.717) is 0 Å². The predicted octanol–water partition coefficient (Wildman–Crippen LogP) is 35.5. The molecule has 0 unspecified atom stereocenters. The highest BCUT2D eigenvalue weighted by atomic mass is 16.5. The Kier molecular flexibility index (Phi) is 15.7. The van der Waals surface area contributed by atoms with Crippen molar-refractivity contribution in [3.05, 3.63) is 437 Å². The van der Waals surface area contributed by atoms with E-state index in [4.69, 9.17) is 37.9 Å². The Morgan fingerprint density at radius 2 is 0.303 bits per heavy atom. The Morgan fingerprint density at radius 1 is 0.120 bits per heavy atom. The lowest BCUT2D eigenvalue weighted by Gasteiger charge is -2.38. The molecule has 0 N–H and O–H groups in total. The fourth-order valence-electron chi connectivity index (χ4n) is 23.1. The highest BCUT2D eigenvalue weighted by Crippen LogP contribution is 2.67. The quantitative estimate of drug-likeness (QED) is 0.152. The summed E-state index contributed by atoms with van der Waals surface area (Å²) in [7, 11) is 0. The Hall–Kier alpha value is -19.6. The van der Waals surface area contributed by atoms with Gasteiger partial charge in [-0.3, -0.25) is 19.6 Å². The molecule has 0 saturated heterocycles. The molecule has 25 aromatic rings.